The van der Waals surface area contributed by atoms with E-state index in [1.165, 1.54) is 13.0 Å². The lowest BCUT2D eigenvalue weighted by Gasteiger charge is -2.27. The van der Waals surface area contributed by atoms with E-state index in [1.54, 1.807) is 17.0 Å². The molecule has 3 rings (SSSR count). The van der Waals surface area contributed by atoms with E-state index in [0.29, 0.717) is 32.5 Å². The molecule has 30 heavy (non-hydrogen) atoms. The Morgan fingerprint density at radius 3 is 2.33 bits per heavy atom. The molecule has 2 aliphatic heterocycles. The van der Waals surface area contributed by atoms with E-state index in [-0.39, 0.29) is 22.6 Å². The molecule has 1 aromatic rings. The van der Waals surface area contributed by atoms with Crippen LogP contribution in [0.4, 0.5) is 5.69 Å². The van der Waals surface area contributed by atoms with E-state index >= 15 is 0 Å². The Balaban J connectivity index is 1.81. The number of nitrogens with zero attached hydrogens (tertiary/aromatic N) is 2. The Morgan fingerprint density at radius 1 is 1.07 bits per heavy atom. The quantitative estimate of drug-likeness (QED) is 0.744. The number of carbonyl (C=O) groups is 2. The van der Waals surface area contributed by atoms with Crippen LogP contribution in [0.25, 0.3) is 0 Å². The monoisotopic (exact) mass is 435 g/mol. The lowest BCUT2D eigenvalue weighted by atomic mass is 10.0. The third-order valence-corrected chi connectivity index (χ3v) is 7.33. The predicted molar refractivity (Wildman–Crippen MR) is 117 cm³/mol. The Kier molecular flexibility index (Phi) is 7.18. The van der Waals surface area contributed by atoms with Crippen LogP contribution < -0.4 is 9.62 Å². The van der Waals surface area contributed by atoms with Crippen LogP contribution in [0.2, 0.25) is 0 Å². The molecule has 0 bridgehead atoms. The van der Waals surface area contributed by atoms with E-state index in [9.17, 15) is 18.0 Å². The van der Waals surface area contributed by atoms with E-state index in [1.807, 2.05) is 18.7 Å². The summed E-state index contributed by atoms with van der Waals surface area (Å²) >= 11 is 0. The molecule has 0 saturated carbocycles. The highest BCUT2D eigenvalue weighted by atomic mass is 32.2. The van der Waals surface area contributed by atoms with Gasteiger partial charge in [0.05, 0.1) is 4.90 Å². The van der Waals surface area contributed by atoms with Crippen molar-refractivity contribution in [2.45, 2.75) is 70.2 Å². The molecule has 2 aliphatic rings. The standard InChI is InChI=1S/C22H33N3O4S/c1-16(2)14-20(22(27)24-11-6-4-5-7-12-24)23-30(28,29)19-8-9-21-18(15-19)10-13-25(21)17(3)26/h8-9,15-16,20,23H,4-7,10-14H2,1-3H3. The highest BCUT2D eigenvalue weighted by Crippen LogP contribution is 2.30. The fourth-order valence-corrected chi connectivity index (χ4v) is 5.56. The van der Waals surface area contributed by atoms with Crippen molar-refractivity contribution in [2.75, 3.05) is 24.5 Å². The minimum Gasteiger partial charge on any atom is -0.341 e. The van der Waals surface area contributed by atoms with Crippen molar-refractivity contribution in [2.24, 2.45) is 5.92 Å². The van der Waals surface area contributed by atoms with Crippen molar-refractivity contribution in [3.63, 3.8) is 0 Å². The van der Waals surface area contributed by atoms with Gasteiger partial charge in [-0.25, -0.2) is 8.42 Å². The molecule has 7 nitrogen and oxygen atoms in total. The zero-order valence-electron chi connectivity index (χ0n) is 18.2. The third-order valence-electron chi connectivity index (χ3n) is 5.86. The van der Waals surface area contributed by atoms with Crippen molar-refractivity contribution >= 4 is 27.5 Å². The minimum absolute atomic E-state index is 0.0532. The van der Waals surface area contributed by atoms with Crippen LogP contribution in [0, 0.1) is 5.92 Å². The van der Waals surface area contributed by atoms with Crippen LogP contribution in [-0.4, -0.2) is 50.8 Å². The number of likely N-dealkylation sites (tertiary alicyclic amines) is 1. The maximum atomic E-state index is 13.2. The molecule has 2 amide bonds. The van der Waals surface area contributed by atoms with E-state index in [4.69, 9.17) is 0 Å². The van der Waals surface area contributed by atoms with Gasteiger partial charge in [-0.1, -0.05) is 26.7 Å². The van der Waals surface area contributed by atoms with Crippen LogP contribution in [0.3, 0.4) is 0 Å². The average molecular weight is 436 g/mol. The molecular weight excluding hydrogens is 402 g/mol. The van der Waals surface area contributed by atoms with Crippen molar-refractivity contribution < 1.29 is 18.0 Å². The summed E-state index contributed by atoms with van der Waals surface area (Å²) in [5, 5.41) is 0. The van der Waals surface area contributed by atoms with Crippen LogP contribution >= 0.6 is 0 Å². The summed E-state index contributed by atoms with van der Waals surface area (Å²) in [4.78, 5) is 28.5. The molecule has 1 unspecified atom stereocenters. The number of carbonyl (C=O) groups excluding carboxylic acids is 2. The van der Waals surface area contributed by atoms with Gasteiger partial charge in [0.2, 0.25) is 21.8 Å². The molecule has 2 heterocycles. The number of amides is 2. The van der Waals surface area contributed by atoms with Crippen LogP contribution in [0.5, 0.6) is 0 Å². The Labute approximate surface area is 179 Å². The van der Waals surface area contributed by atoms with Crippen LogP contribution in [0.1, 0.15) is 58.4 Å². The lowest BCUT2D eigenvalue weighted by Crippen LogP contribution is -2.49. The van der Waals surface area contributed by atoms with E-state index < -0.39 is 16.1 Å². The van der Waals surface area contributed by atoms with Gasteiger partial charge in [-0.05, 0) is 55.4 Å². The zero-order chi connectivity index (χ0) is 21.9. The number of sulfonamides is 1. The first kappa shape index (κ1) is 22.7. The van der Waals surface area contributed by atoms with Crippen LogP contribution in [0.15, 0.2) is 23.1 Å². The Morgan fingerprint density at radius 2 is 1.73 bits per heavy atom. The normalized spacial score (nSPS) is 18.3. The number of rotatable bonds is 6. The van der Waals surface area contributed by atoms with Gasteiger partial charge in [-0.15, -0.1) is 0 Å². The molecule has 0 spiro atoms. The number of fused-ring (bicyclic) bond motifs is 1. The summed E-state index contributed by atoms with van der Waals surface area (Å²) in [5.41, 5.74) is 1.60. The predicted octanol–water partition coefficient (Wildman–Crippen LogP) is 2.69. The summed E-state index contributed by atoms with van der Waals surface area (Å²) in [6, 6.07) is 4.07. The summed E-state index contributed by atoms with van der Waals surface area (Å²) in [5.74, 6) is -0.00149. The van der Waals surface area contributed by atoms with Gasteiger partial charge < -0.3 is 9.80 Å². The first-order chi connectivity index (χ1) is 14.2. The molecule has 166 valence electrons. The lowest BCUT2D eigenvalue weighted by molar-refractivity contribution is -0.133. The van der Waals surface area contributed by atoms with Crippen molar-refractivity contribution in [3.05, 3.63) is 23.8 Å². The second-order valence-corrected chi connectivity index (χ2v) is 10.5. The van der Waals surface area contributed by atoms with E-state index in [2.05, 4.69) is 4.72 Å². The fourth-order valence-electron chi connectivity index (χ4n) is 4.31. The second kappa shape index (κ2) is 9.47. The molecule has 0 aliphatic carbocycles. The van der Waals surface area contributed by atoms with Crippen LogP contribution in [-0.2, 0) is 26.0 Å². The molecule has 1 N–H and O–H groups in total. The van der Waals surface area contributed by atoms with Gasteiger partial charge in [0.15, 0.2) is 0 Å². The smallest absolute Gasteiger partial charge is 0.241 e. The van der Waals surface area contributed by atoms with Gasteiger partial charge in [-0.3, -0.25) is 9.59 Å². The third kappa shape index (κ3) is 5.21. The van der Waals surface area contributed by atoms with Gasteiger partial charge in [0.25, 0.3) is 0 Å². The molecule has 1 saturated heterocycles. The SMILES string of the molecule is CC(=O)N1CCc2cc(S(=O)(=O)NC(CC(C)C)C(=O)N3CCCCCC3)ccc21. The Hall–Kier alpha value is -1.93. The van der Waals surface area contributed by atoms with Crippen molar-refractivity contribution in [1.29, 1.82) is 0 Å². The highest BCUT2D eigenvalue weighted by Gasteiger charge is 2.31. The number of hydrogen-bond acceptors (Lipinski definition) is 4. The number of hydrogen-bond donors (Lipinski definition) is 1. The number of benzene rings is 1. The summed E-state index contributed by atoms with van der Waals surface area (Å²) in [6.45, 7) is 7.42. The maximum Gasteiger partial charge on any atom is 0.241 e. The topological polar surface area (TPSA) is 86.8 Å². The number of anilines is 1. The van der Waals surface area contributed by atoms with Gasteiger partial charge >= 0.3 is 0 Å². The highest BCUT2D eigenvalue weighted by molar-refractivity contribution is 7.89. The van der Waals surface area contributed by atoms with Gasteiger partial charge in [0.1, 0.15) is 6.04 Å². The van der Waals surface area contributed by atoms with Gasteiger partial charge in [0, 0.05) is 32.2 Å². The molecule has 8 heteroatoms. The molecular formula is C22H33N3O4S. The summed E-state index contributed by atoms with van der Waals surface area (Å²) < 4.78 is 28.9. The molecule has 1 aromatic carbocycles. The first-order valence-electron chi connectivity index (χ1n) is 10.9. The Bertz CT molecular complexity index is 890. The second-order valence-electron chi connectivity index (χ2n) is 8.75. The number of nitrogens with one attached hydrogen (secondary N) is 1. The van der Waals surface area contributed by atoms with Crippen molar-refractivity contribution in [3.8, 4) is 0 Å². The molecule has 0 aromatic heterocycles. The summed E-state index contributed by atoms with van der Waals surface area (Å²) in [6.07, 6.45) is 5.22. The van der Waals surface area contributed by atoms with Gasteiger partial charge in [-0.2, -0.15) is 4.72 Å². The fraction of sp³-hybridized carbons (Fsp3) is 0.636. The van der Waals surface area contributed by atoms with E-state index in [0.717, 1.165) is 36.9 Å². The molecule has 1 atom stereocenters. The zero-order valence-corrected chi connectivity index (χ0v) is 19.0. The maximum absolute atomic E-state index is 13.2. The minimum atomic E-state index is -3.86. The van der Waals surface area contributed by atoms with Crippen molar-refractivity contribution in [1.82, 2.24) is 9.62 Å². The molecule has 0 radical (unpaired) electrons. The first-order valence-corrected chi connectivity index (χ1v) is 12.4. The average Bonchev–Trinajstić information content (AvgIpc) is 2.92. The largest absolute Gasteiger partial charge is 0.341 e. The summed E-state index contributed by atoms with van der Waals surface area (Å²) in [7, 11) is -3.86. The molecule has 1 fully saturated rings.